The first-order valence-electron chi connectivity index (χ1n) is 6.28. The second kappa shape index (κ2) is 6.71. The largest absolute Gasteiger partial charge is 0.380 e. The molecule has 0 aromatic heterocycles. The first-order chi connectivity index (χ1) is 8.10. The molecular weight excluding hydrogens is 220 g/mol. The average Bonchev–Trinajstić information content (AvgIpc) is 2.55. The molecule has 2 unspecified atom stereocenters. The average molecular weight is 242 g/mol. The van der Waals surface area contributed by atoms with Gasteiger partial charge in [0.25, 0.3) is 0 Å². The summed E-state index contributed by atoms with van der Waals surface area (Å²) in [5, 5.41) is 3.15. The number of nitrogens with zero attached hydrogens (tertiary/aromatic N) is 1. The highest BCUT2D eigenvalue weighted by Crippen LogP contribution is 2.13. The minimum Gasteiger partial charge on any atom is -0.380 e. The van der Waals surface area contributed by atoms with E-state index < -0.39 is 0 Å². The van der Waals surface area contributed by atoms with Gasteiger partial charge in [0.2, 0.25) is 11.8 Å². The van der Waals surface area contributed by atoms with Crippen LogP contribution in [0.25, 0.3) is 0 Å². The lowest BCUT2D eigenvalue weighted by molar-refractivity contribution is -0.138. The third-order valence-corrected chi connectivity index (χ3v) is 2.75. The second-order valence-corrected chi connectivity index (χ2v) is 4.37. The van der Waals surface area contributed by atoms with Gasteiger partial charge in [-0.2, -0.15) is 0 Å². The Kier molecular flexibility index (Phi) is 5.58. The van der Waals surface area contributed by atoms with Gasteiger partial charge in [-0.3, -0.25) is 14.5 Å². The van der Waals surface area contributed by atoms with Crippen LogP contribution in [0, 0.1) is 0 Å². The van der Waals surface area contributed by atoms with E-state index in [1.165, 1.54) is 4.90 Å². The van der Waals surface area contributed by atoms with Crippen molar-refractivity contribution in [2.45, 2.75) is 45.7 Å². The fourth-order valence-corrected chi connectivity index (χ4v) is 1.96. The van der Waals surface area contributed by atoms with Gasteiger partial charge in [0.15, 0.2) is 0 Å². The maximum atomic E-state index is 11.9. The minimum atomic E-state index is -0.371. The summed E-state index contributed by atoms with van der Waals surface area (Å²) in [5.41, 5.74) is 0. The fourth-order valence-electron chi connectivity index (χ4n) is 1.96. The zero-order chi connectivity index (χ0) is 12.8. The van der Waals surface area contributed by atoms with Crippen molar-refractivity contribution in [1.29, 1.82) is 0 Å². The quantitative estimate of drug-likeness (QED) is 0.662. The lowest BCUT2D eigenvalue weighted by atomic mass is 10.2. The smallest absolute Gasteiger partial charge is 0.246 e. The maximum Gasteiger partial charge on any atom is 0.246 e. The van der Waals surface area contributed by atoms with Crippen LogP contribution in [0.15, 0.2) is 0 Å². The molecular formula is C12H22N2O3. The van der Waals surface area contributed by atoms with Gasteiger partial charge in [-0.25, -0.2) is 0 Å². The number of ether oxygens (including phenoxy) is 1. The van der Waals surface area contributed by atoms with Gasteiger partial charge in [-0.1, -0.05) is 6.92 Å². The molecule has 98 valence electrons. The SMILES string of the molecule is CCCN1C(=O)CC(NC(C)COCC)C1=O. The molecule has 1 saturated heterocycles. The van der Waals surface area contributed by atoms with Crippen LogP contribution in [0.5, 0.6) is 0 Å². The zero-order valence-electron chi connectivity index (χ0n) is 10.9. The number of imide groups is 1. The van der Waals surface area contributed by atoms with Gasteiger partial charge in [0.05, 0.1) is 19.1 Å². The Balaban J connectivity index is 2.45. The normalized spacial score (nSPS) is 22.3. The molecule has 5 nitrogen and oxygen atoms in total. The van der Waals surface area contributed by atoms with E-state index >= 15 is 0 Å². The summed E-state index contributed by atoms with van der Waals surface area (Å²) in [6.07, 6.45) is 1.08. The Labute approximate surface area is 102 Å². The van der Waals surface area contributed by atoms with Gasteiger partial charge < -0.3 is 10.1 Å². The first-order valence-corrected chi connectivity index (χ1v) is 6.28. The Bertz CT molecular complexity index is 281. The Morgan fingerprint density at radius 2 is 2.18 bits per heavy atom. The molecule has 1 aliphatic heterocycles. The summed E-state index contributed by atoms with van der Waals surface area (Å²) >= 11 is 0. The van der Waals surface area contributed by atoms with Crippen molar-refractivity contribution in [2.75, 3.05) is 19.8 Å². The van der Waals surface area contributed by atoms with E-state index in [1.54, 1.807) is 0 Å². The number of likely N-dealkylation sites (tertiary alicyclic amines) is 1. The van der Waals surface area contributed by atoms with Crippen LogP contribution in [0.2, 0.25) is 0 Å². The van der Waals surface area contributed by atoms with E-state index in [2.05, 4.69) is 5.32 Å². The molecule has 0 aliphatic carbocycles. The molecule has 0 radical (unpaired) electrons. The standard InChI is InChI=1S/C12H22N2O3/c1-4-6-14-11(15)7-10(12(14)16)13-9(3)8-17-5-2/h9-10,13H,4-8H2,1-3H3. The fraction of sp³-hybridized carbons (Fsp3) is 0.833. The third kappa shape index (κ3) is 3.78. The Morgan fingerprint density at radius 3 is 2.76 bits per heavy atom. The molecule has 0 spiro atoms. The summed E-state index contributed by atoms with van der Waals surface area (Å²) in [4.78, 5) is 24.9. The van der Waals surface area contributed by atoms with Gasteiger partial charge in [-0.15, -0.1) is 0 Å². The summed E-state index contributed by atoms with van der Waals surface area (Å²) in [7, 11) is 0. The predicted molar refractivity (Wildman–Crippen MR) is 64.5 cm³/mol. The highest BCUT2D eigenvalue weighted by Gasteiger charge is 2.38. The lowest BCUT2D eigenvalue weighted by Gasteiger charge is -2.18. The molecule has 2 amide bonds. The van der Waals surface area contributed by atoms with E-state index in [1.807, 2.05) is 20.8 Å². The molecule has 1 N–H and O–H groups in total. The van der Waals surface area contributed by atoms with Gasteiger partial charge in [0, 0.05) is 19.2 Å². The number of hydrogen-bond acceptors (Lipinski definition) is 4. The second-order valence-electron chi connectivity index (χ2n) is 4.37. The van der Waals surface area contributed by atoms with Crippen molar-refractivity contribution in [1.82, 2.24) is 10.2 Å². The van der Waals surface area contributed by atoms with Gasteiger partial charge in [-0.05, 0) is 20.3 Å². The minimum absolute atomic E-state index is 0.0713. The molecule has 1 aliphatic rings. The van der Waals surface area contributed by atoms with Crippen molar-refractivity contribution in [3.05, 3.63) is 0 Å². The van der Waals surface area contributed by atoms with E-state index in [0.29, 0.717) is 19.8 Å². The molecule has 1 rings (SSSR count). The van der Waals surface area contributed by atoms with Crippen molar-refractivity contribution >= 4 is 11.8 Å². The van der Waals surface area contributed by atoms with Crippen LogP contribution < -0.4 is 5.32 Å². The van der Waals surface area contributed by atoms with E-state index in [-0.39, 0.29) is 30.3 Å². The van der Waals surface area contributed by atoms with Gasteiger partial charge >= 0.3 is 0 Å². The monoisotopic (exact) mass is 242 g/mol. The first kappa shape index (κ1) is 14.1. The van der Waals surface area contributed by atoms with Crippen LogP contribution in [0.1, 0.15) is 33.6 Å². The van der Waals surface area contributed by atoms with Crippen molar-refractivity contribution in [3.63, 3.8) is 0 Å². The maximum absolute atomic E-state index is 11.9. The molecule has 2 atom stereocenters. The van der Waals surface area contributed by atoms with Crippen LogP contribution in [0.3, 0.4) is 0 Å². The lowest BCUT2D eigenvalue weighted by Crippen LogP contribution is -2.44. The van der Waals surface area contributed by atoms with Crippen molar-refractivity contribution < 1.29 is 14.3 Å². The van der Waals surface area contributed by atoms with E-state index in [9.17, 15) is 9.59 Å². The van der Waals surface area contributed by atoms with Crippen LogP contribution in [-0.2, 0) is 14.3 Å². The summed E-state index contributed by atoms with van der Waals surface area (Å²) in [6.45, 7) is 7.58. The number of carbonyl (C=O) groups is 2. The molecule has 17 heavy (non-hydrogen) atoms. The summed E-state index contributed by atoms with van der Waals surface area (Å²) in [6, 6.07) is -0.289. The highest BCUT2D eigenvalue weighted by atomic mass is 16.5. The predicted octanol–water partition coefficient (Wildman–Crippen LogP) is 0.538. The van der Waals surface area contributed by atoms with Crippen molar-refractivity contribution in [3.8, 4) is 0 Å². The van der Waals surface area contributed by atoms with Gasteiger partial charge in [0.1, 0.15) is 0 Å². The van der Waals surface area contributed by atoms with E-state index in [4.69, 9.17) is 4.74 Å². The molecule has 0 aromatic carbocycles. The van der Waals surface area contributed by atoms with Crippen LogP contribution in [0.4, 0.5) is 0 Å². The molecule has 0 bridgehead atoms. The number of amides is 2. The number of hydrogen-bond donors (Lipinski definition) is 1. The third-order valence-electron chi connectivity index (χ3n) is 2.75. The topological polar surface area (TPSA) is 58.6 Å². The Morgan fingerprint density at radius 1 is 1.47 bits per heavy atom. The molecule has 1 fully saturated rings. The number of nitrogens with one attached hydrogen (secondary N) is 1. The molecule has 0 saturated carbocycles. The highest BCUT2D eigenvalue weighted by molar-refractivity contribution is 6.05. The van der Waals surface area contributed by atoms with Crippen molar-refractivity contribution in [2.24, 2.45) is 0 Å². The van der Waals surface area contributed by atoms with Crippen LogP contribution >= 0.6 is 0 Å². The number of rotatable bonds is 7. The van der Waals surface area contributed by atoms with E-state index in [0.717, 1.165) is 6.42 Å². The summed E-state index contributed by atoms with van der Waals surface area (Å²) in [5.74, 6) is -0.168. The number of carbonyl (C=O) groups excluding carboxylic acids is 2. The van der Waals surface area contributed by atoms with Crippen LogP contribution in [-0.4, -0.2) is 48.6 Å². The summed E-state index contributed by atoms with van der Waals surface area (Å²) < 4.78 is 5.27. The molecule has 1 heterocycles. The molecule has 5 heteroatoms. The molecule has 0 aromatic rings. The Hall–Kier alpha value is -0.940. The zero-order valence-corrected chi connectivity index (χ0v) is 10.9.